The molecule has 0 spiro atoms. The molecule has 1 aliphatic carbocycles. The van der Waals surface area contributed by atoms with Crippen molar-refractivity contribution in [2.45, 2.75) is 58.0 Å². The Bertz CT molecular complexity index is 187. The van der Waals surface area contributed by atoms with Gasteiger partial charge in [0.25, 0.3) is 0 Å². The molecule has 2 fully saturated rings. The average molecular weight is 210 g/mol. The minimum absolute atomic E-state index is 0.755. The van der Waals surface area contributed by atoms with E-state index in [1.54, 1.807) is 0 Å². The van der Waals surface area contributed by atoms with Gasteiger partial charge in [0.05, 0.1) is 0 Å². The van der Waals surface area contributed by atoms with Crippen molar-refractivity contribution in [2.75, 3.05) is 19.6 Å². The number of rotatable bonds is 5. The SMILES string of the molecule is CCCC1CN(C(C)CC2CC2)CCN1. The Balaban J connectivity index is 1.74. The zero-order valence-electron chi connectivity index (χ0n) is 10.3. The predicted molar refractivity (Wildman–Crippen MR) is 65.1 cm³/mol. The predicted octanol–water partition coefficient (Wildman–Crippen LogP) is 2.25. The largest absolute Gasteiger partial charge is 0.311 e. The molecule has 0 amide bonds. The molecule has 88 valence electrons. The van der Waals surface area contributed by atoms with E-state index < -0.39 is 0 Å². The molecule has 1 aliphatic heterocycles. The van der Waals surface area contributed by atoms with Gasteiger partial charge in [-0.05, 0) is 25.7 Å². The molecule has 15 heavy (non-hydrogen) atoms. The van der Waals surface area contributed by atoms with Crippen LogP contribution in [0.3, 0.4) is 0 Å². The van der Waals surface area contributed by atoms with Gasteiger partial charge in [-0.2, -0.15) is 0 Å². The van der Waals surface area contributed by atoms with Crippen LogP contribution in [0, 0.1) is 5.92 Å². The molecule has 2 aliphatic rings. The van der Waals surface area contributed by atoms with Crippen molar-refractivity contribution in [1.29, 1.82) is 0 Å². The van der Waals surface area contributed by atoms with Gasteiger partial charge in [0, 0.05) is 31.7 Å². The van der Waals surface area contributed by atoms with E-state index in [-0.39, 0.29) is 0 Å². The van der Waals surface area contributed by atoms with Gasteiger partial charge < -0.3 is 5.32 Å². The summed E-state index contributed by atoms with van der Waals surface area (Å²) in [5.41, 5.74) is 0. The molecule has 2 heteroatoms. The molecule has 1 N–H and O–H groups in total. The summed E-state index contributed by atoms with van der Waals surface area (Å²) in [5.74, 6) is 1.07. The van der Waals surface area contributed by atoms with Gasteiger partial charge in [-0.25, -0.2) is 0 Å². The zero-order chi connectivity index (χ0) is 10.7. The summed E-state index contributed by atoms with van der Waals surface area (Å²) in [6.07, 6.45) is 7.08. The molecule has 2 unspecified atom stereocenters. The van der Waals surface area contributed by atoms with Crippen molar-refractivity contribution < 1.29 is 0 Å². The summed E-state index contributed by atoms with van der Waals surface area (Å²) in [6.45, 7) is 8.44. The molecule has 0 aromatic carbocycles. The molecule has 1 saturated heterocycles. The Kier molecular flexibility index (Phi) is 4.04. The third-order valence-electron chi connectivity index (χ3n) is 3.92. The molecule has 2 atom stereocenters. The molecule has 1 heterocycles. The second-order valence-corrected chi connectivity index (χ2v) is 5.46. The van der Waals surface area contributed by atoms with Crippen LogP contribution in [-0.2, 0) is 0 Å². The second-order valence-electron chi connectivity index (χ2n) is 5.46. The minimum Gasteiger partial charge on any atom is -0.311 e. The third-order valence-corrected chi connectivity index (χ3v) is 3.92. The van der Waals surface area contributed by atoms with Gasteiger partial charge in [-0.15, -0.1) is 0 Å². The number of piperazine rings is 1. The van der Waals surface area contributed by atoms with Gasteiger partial charge >= 0.3 is 0 Å². The summed E-state index contributed by atoms with van der Waals surface area (Å²) in [4.78, 5) is 2.70. The van der Waals surface area contributed by atoms with Crippen molar-refractivity contribution in [1.82, 2.24) is 10.2 Å². The first kappa shape index (κ1) is 11.4. The van der Waals surface area contributed by atoms with Gasteiger partial charge in [0.2, 0.25) is 0 Å². The zero-order valence-corrected chi connectivity index (χ0v) is 10.3. The van der Waals surface area contributed by atoms with Crippen molar-refractivity contribution in [3.8, 4) is 0 Å². The van der Waals surface area contributed by atoms with E-state index in [1.165, 1.54) is 51.7 Å². The van der Waals surface area contributed by atoms with Crippen LogP contribution in [0.5, 0.6) is 0 Å². The molecule has 0 aromatic rings. The van der Waals surface area contributed by atoms with Crippen molar-refractivity contribution in [3.63, 3.8) is 0 Å². The summed E-state index contributed by atoms with van der Waals surface area (Å²) < 4.78 is 0. The van der Waals surface area contributed by atoms with Crippen LogP contribution in [0.25, 0.3) is 0 Å². The lowest BCUT2D eigenvalue weighted by atomic mass is 10.1. The average Bonchev–Trinajstić information content (AvgIpc) is 3.03. The highest BCUT2D eigenvalue weighted by Crippen LogP contribution is 2.34. The highest BCUT2D eigenvalue weighted by molar-refractivity contribution is 4.84. The Morgan fingerprint density at radius 3 is 2.87 bits per heavy atom. The van der Waals surface area contributed by atoms with Crippen LogP contribution < -0.4 is 5.32 Å². The lowest BCUT2D eigenvalue weighted by Crippen LogP contribution is -2.53. The van der Waals surface area contributed by atoms with E-state index in [2.05, 4.69) is 24.1 Å². The summed E-state index contributed by atoms with van der Waals surface area (Å²) in [7, 11) is 0. The first-order valence-electron chi connectivity index (χ1n) is 6.77. The number of hydrogen-bond donors (Lipinski definition) is 1. The van der Waals surface area contributed by atoms with Crippen LogP contribution in [0.1, 0.15) is 46.0 Å². The lowest BCUT2D eigenvalue weighted by molar-refractivity contribution is 0.139. The molecule has 0 bridgehead atoms. The Morgan fingerprint density at radius 1 is 1.40 bits per heavy atom. The summed E-state index contributed by atoms with van der Waals surface area (Å²) >= 11 is 0. The number of nitrogens with one attached hydrogen (secondary N) is 1. The summed E-state index contributed by atoms with van der Waals surface area (Å²) in [5, 5.41) is 3.63. The fourth-order valence-corrected chi connectivity index (χ4v) is 2.78. The molecular formula is C13H26N2. The fraction of sp³-hybridized carbons (Fsp3) is 1.00. The maximum absolute atomic E-state index is 3.63. The highest BCUT2D eigenvalue weighted by atomic mass is 15.2. The van der Waals surface area contributed by atoms with E-state index >= 15 is 0 Å². The van der Waals surface area contributed by atoms with Crippen LogP contribution >= 0.6 is 0 Å². The van der Waals surface area contributed by atoms with Gasteiger partial charge in [0.1, 0.15) is 0 Å². The molecule has 1 saturated carbocycles. The number of nitrogens with zero attached hydrogens (tertiary/aromatic N) is 1. The molecule has 0 aromatic heterocycles. The molecule has 2 rings (SSSR count). The standard InChI is InChI=1S/C13H26N2/c1-3-4-13-10-15(8-7-14-13)11(2)9-12-5-6-12/h11-14H,3-10H2,1-2H3. The summed E-state index contributed by atoms with van der Waals surface area (Å²) in [6, 6.07) is 1.57. The second kappa shape index (κ2) is 5.31. The van der Waals surface area contributed by atoms with E-state index in [0.717, 1.165) is 18.0 Å². The Labute approximate surface area is 94.4 Å². The maximum Gasteiger partial charge on any atom is 0.0195 e. The Morgan fingerprint density at radius 2 is 2.20 bits per heavy atom. The van der Waals surface area contributed by atoms with E-state index in [4.69, 9.17) is 0 Å². The highest BCUT2D eigenvalue weighted by Gasteiger charge is 2.28. The lowest BCUT2D eigenvalue weighted by Gasteiger charge is -2.37. The van der Waals surface area contributed by atoms with Crippen LogP contribution in [0.15, 0.2) is 0 Å². The van der Waals surface area contributed by atoms with Crippen LogP contribution in [0.4, 0.5) is 0 Å². The number of hydrogen-bond acceptors (Lipinski definition) is 2. The van der Waals surface area contributed by atoms with Gasteiger partial charge in [-0.1, -0.05) is 26.2 Å². The topological polar surface area (TPSA) is 15.3 Å². The minimum atomic E-state index is 0.755. The van der Waals surface area contributed by atoms with Crippen LogP contribution in [0.2, 0.25) is 0 Å². The maximum atomic E-state index is 3.63. The smallest absolute Gasteiger partial charge is 0.0195 e. The first-order chi connectivity index (χ1) is 7.29. The van der Waals surface area contributed by atoms with Gasteiger partial charge in [-0.3, -0.25) is 4.90 Å². The quantitative estimate of drug-likeness (QED) is 0.749. The fourth-order valence-electron chi connectivity index (χ4n) is 2.78. The third kappa shape index (κ3) is 3.46. The van der Waals surface area contributed by atoms with Gasteiger partial charge in [0.15, 0.2) is 0 Å². The normalized spacial score (nSPS) is 30.4. The monoisotopic (exact) mass is 210 g/mol. The van der Waals surface area contributed by atoms with E-state index in [0.29, 0.717) is 0 Å². The van der Waals surface area contributed by atoms with E-state index in [9.17, 15) is 0 Å². The first-order valence-corrected chi connectivity index (χ1v) is 6.77. The molecule has 2 nitrogen and oxygen atoms in total. The molecule has 0 radical (unpaired) electrons. The van der Waals surface area contributed by atoms with Crippen molar-refractivity contribution >= 4 is 0 Å². The Hall–Kier alpha value is -0.0800. The van der Waals surface area contributed by atoms with Crippen molar-refractivity contribution in [3.05, 3.63) is 0 Å². The van der Waals surface area contributed by atoms with Crippen LogP contribution in [-0.4, -0.2) is 36.6 Å². The van der Waals surface area contributed by atoms with E-state index in [1.807, 2.05) is 0 Å². The molecular weight excluding hydrogens is 184 g/mol. The van der Waals surface area contributed by atoms with Crippen molar-refractivity contribution in [2.24, 2.45) is 5.92 Å².